The Morgan fingerprint density at radius 3 is 2.17 bits per heavy atom. The van der Waals surface area contributed by atoms with Gasteiger partial charge in [-0.3, -0.25) is 4.99 Å². The summed E-state index contributed by atoms with van der Waals surface area (Å²) in [6.45, 7) is 11.8. The first kappa shape index (κ1) is 19.5. The van der Waals surface area contributed by atoms with Gasteiger partial charge in [-0.25, -0.2) is 0 Å². The Hall–Kier alpha value is -0.850. The van der Waals surface area contributed by atoms with Gasteiger partial charge in [0.25, 0.3) is 0 Å². The minimum Gasteiger partial charge on any atom is -0.356 e. The van der Waals surface area contributed by atoms with Gasteiger partial charge in [-0.1, -0.05) is 6.42 Å². The number of hydrogen-bond acceptors (Lipinski definition) is 4. The van der Waals surface area contributed by atoms with Crippen LogP contribution in [0, 0.1) is 0 Å². The fourth-order valence-electron chi connectivity index (χ4n) is 3.47. The van der Waals surface area contributed by atoms with Crippen LogP contribution in [0.3, 0.4) is 0 Å². The quantitative estimate of drug-likeness (QED) is 0.387. The molecule has 0 aromatic carbocycles. The number of aliphatic imine (C=N–C) groups is 1. The van der Waals surface area contributed by atoms with Crippen molar-refractivity contribution in [3.63, 3.8) is 0 Å². The van der Waals surface area contributed by atoms with Crippen LogP contribution in [0.15, 0.2) is 4.99 Å². The van der Waals surface area contributed by atoms with Crippen LogP contribution in [0.2, 0.25) is 0 Å². The molecule has 0 aromatic heterocycles. The average molecular weight is 339 g/mol. The average Bonchev–Trinajstić information content (AvgIpc) is 2.62. The van der Waals surface area contributed by atoms with Crippen molar-refractivity contribution in [3.8, 4) is 0 Å². The molecule has 0 aromatic rings. The van der Waals surface area contributed by atoms with E-state index in [0.717, 1.165) is 25.6 Å². The number of likely N-dealkylation sites (N-methyl/N-ethyl adjacent to an activating group) is 1. The Kier molecular flexibility index (Phi) is 9.46. The molecule has 2 aliphatic rings. The zero-order valence-corrected chi connectivity index (χ0v) is 15.9. The largest absolute Gasteiger partial charge is 0.356 e. The number of guanidine groups is 1. The third-order valence-corrected chi connectivity index (χ3v) is 5.18. The third-order valence-electron chi connectivity index (χ3n) is 5.18. The van der Waals surface area contributed by atoms with Crippen LogP contribution in [0.1, 0.15) is 32.1 Å². The van der Waals surface area contributed by atoms with Crippen molar-refractivity contribution < 1.29 is 0 Å². The molecule has 0 atom stereocenters. The van der Waals surface area contributed by atoms with E-state index in [1.165, 1.54) is 77.9 Å². The molecule has 2 N–H and O–H groups in total. The second kappa shape index (κ2) is 11.7. The molecule has 6 heteroatoms. The van der Waals surface area contributed by atoms with Gasteiger partial charge in [0, 0.05) is 52.9 Å². The van der Waals surface area contributed by atoms with Crippen molar-refractivity contribution in [1.82, 2.24) is 25.3 Å². The Morgan fingerprint density at radius 2 is 1.46 bits per heavy atom. The van der Waals surface area contributed by atoms with Gasteiger partial charge in [-0.05, 0) is 52.4 Å². The molecule has 0 bridgehead atoms. The summed E-state index contributed by atoms with van der Waals surface area (Å²) in [5.41, 5.74) is 0. The van der Waals surface area contributed by atoms with E-state index in [-0.39, 0.29) is 0 Å². The van der Waals surface area contributed by atoms with Crippen molar-refractivity contribution in [2.24, 2.45) is 4.99 Å². The monoisotopic (exact) mass is 338 g/mol. The summed E-state index contributed by atoms with van der Waals surface area (Å²) < 4.78 is 0. The number of piperazine rings is 1. The molecule has 2 aliphatic heterocycles. The maximum absolute atomic E-state index is 4.33. The van der Waals surface area contributed by atoms with Crippen LogP contribution in [-0.4, -0.2) is 100 Å². The van der Waals surface area contributed by atoms with E-state index in [2.05, 4.69) is 37.4 Å². The molecule has 0 spiro atoms. The van der Waals surface area contributed by atoms with Crippen molar-refractivity contribution in [1.29, 1.82) is 0 Å². The van der Waals surface area contributed by atoms with Gasteiger partial charge in [-0.2, -0.15) is 0 Å². The summed E-state index contributed by atoms with van der Waals surface area (Å²) in [5, 5.41) is 6.89. The minimum absolute atomic E-state index is 0.951. The molecule has 0 unspecified atom stereocenters. The van der Waals surface area contributed by atoms with Crippen LogP contribution in [0.25, 0.3) is 0 Å². The molecule has 2 rings (SSSR count). The smallest absolute Gasteiger partial charge is 0.191 e. The maximum Gasteiger partial charge on any atom is 0.191 e. The Bertz CT molecular complexity index is 345. The summed E-state index contributed by atoms with van der Waals surface area (Å²) in [5.74, 6) is 0.951. The molecule has 6 nitrogen and oxygen atoms in total. The zero-order valence-electron chi connectivity index (χ0n) is 15.9. The molecular weight excluding hydrogens is 300 g/mol. The molecule has 2 heterocycles. The molecule has 0 amide bonds. The van der Waals surface area contributed by atoms with Crippen LogP contribution in [-0.2, 0) is 0 Å². The summed E-state index contributed by atoms with van der Waals surface area (Å²) in [4.78, 5) is 11.9. The lowest BCUT2D eigenvalue weighted by molar-refractivity contribution is 0.152. The van der Waals surface area contributed by atoms with Crippen molar-refractivity contribution in [2.75, 3.05) is 79.5 Å². The van der Waals surface area contributed by atoms with Crippen LogP contribution in [0.4, 0.5) is 0 Å². The predicted octanol–water partition coefficient (Wildman–Crippen LogP) is 0.665. The van der Waals surface area contributed by atoms with E-state index >= 15 is 0 Å². The van der Waals surface area contributed by atoms with Gasteiger partial charge in [0.15, 0.2) is 5.96 Å². The Morgan fingerprint density at radius 1 is 0.792 bits per heavy atom. The summed E-state index contributed by atoms with van der Waals surface area (Å²) in [6, 6.07) is 0. The summed E-state index contributed by atoms with van der Waals surface area (Å²) in [7, 11) is 4.08. The van der Waals surface area contributed by atoms with Gasteiger partial charge >= 0.3 is 0 Å². The third kappa shape index (κ3) is 7.81. The van der Waals surface area contributed by atoms with Crippen LogP contribution < -0.4 is 10.6 Å². The minimum atomic E-state index is 0.951. The standard InChI is InChI=1S/C18H38N6/c1-19-18(21-9-13-23-10-5-3-6-11-23)20-8-4-7-12-24-16-14-22(2)15-17-24/h3-17H2,1-2H3,(H2,19,20,21). The maximum atomic E-state index is 4.33. The lowest BCUT2D eigenvalue weighted by Crippen LogP contribution is -2.45. The molecule has 0 radical (unpaired) electrons. The molecular formula is C18H38N6. The van der Waals surface area contributed by atoms with E-state index in [1.54, 1.807) is 0 Å². The van der Waals surface area contributed by atoms with E-state index in [0.29, 0.717) is 0 Å². The fraction of sp³-hybridized carbons (Fsp3) is 0.944. The highest BCUT2D eigenvalue weighted by atomic mass is 15.2. The number of unbranched alkanes of at least 4 members (excludes halogenated alkanes) is 1. The van der Waals surface area contributed by atoms with Gasteiger partial charge in [0.05, 0.1) is 0 Å². The van der Waals surface area contributed by atoms with E-state index < -0.39 is 0 Å². The molecule has 2 saturated heterocycles. The highest BCUT2D eigenvalue weighted by molar-refractivity contribution is 5.79. The summed E-state index contributed by atoms with van der Waals surface area (Å²) >= 11 is 0. The number of nitrogens with one attached hydrogen (secondary N) is 2. The lowest BCUT2D eigenvalue weighted by atomic mass is 10.1. The van der Waals surface area contributed by atoms with E-state index in [4.69, 9.17) is 0 Å². The highest BCUT2D eigenvalue weighted by Crippen LogP contribution is 2.07. The number of rotatable bonds is 8. The Labute approximate surface area is 148 Å². The zero-order chi connectivity index (χ0) is 17.0. The van der Waals surface area contributed by atoms with Crippen molar-refractivity contribution in [3.05, 3.63) is 0 Å². The number of likely N-dealkylation sites (tertiary alicyclic amines) is 1. The normalized spacial score (nSPS) is 21.8. The van der Waals surface area contributed by atoms with Gasteiger partial charge < -0.3 is 25.3 Å². The summed E-state index contributed by atoms with van der Waals surface area (Å²) in [6.07, 6.45) is 6.60. The van der Waals surface area contributed by atoms with E-state index in [1.807, 2.05) is 7.05 Å². The first-order valence-corrected chi connectivity index (χ1v) is 9.85. The molecule has 24 heavy (non-hydrogen) atoms. The second-order valence-corrected chi connectivity index (χ2v) is 7.18. The topological polar surface area (TPSA) is 46.1 Å². The molecule has 2 fully saturated rings. The predicted molar refractivity (Wildman–Crippen MR) is 103 cm³/mol. The van der Waals surface area contributed by atoms with Gasteiger partial charge in [0.2, 0.25) is 0 Å². The SMILES string of the molecule is CN=C(NCCCCN1CCN(C)CC1)NCCN1CCCCC1. The molecule has 0 saturated carbocycles. The van der Waals surface area contributed by atoms with Crippen molar-refractivity contribution >= 4 is 5.96 Å². The fourth-order valence-corrected chi connectivity index (χ4v) is 3.47. The molecule has 140 valence electrons. The van der Waals surface area contributed by atoms with Gasteiger partial charge in [0.1, 0.15) is 0 Å². The van der Waals surface area contributed by atoms with Gasteiger partial charge in [-0.15, -0.1) is 0 Å². The first-order chi connectivity index (χ1) is 11.8. The molecule has 0 aliphatic carbocycles. The van der Waals surface area contributed by atoms with Crippen LogP contribution in [0.5, 0.6) is 0 Å². The highest BCUT2D eigenvalue weighted by Gasteiger charge is 2.12. The number of piperidine rings is 1. The Balaban J connectivity index is 1.46. The lowest BCUT2D eigenvalue weighted by Gasteiger charge is -2.32. The number of hydrogen-bond donors (Lipinski definition) is 2. The van der Waals surface area contributed by atoms with E-state index in [9.17, 15) is 0 Å². The number of nitrogens with zero attached hydrogens (tertiary/aromatic N) is 4. The van der Waals surface area contributed by atoms with Crippen LogP contribution >= 0.6 is 0 Å². The first-order valence-electron chi connectivity index (χ1n) is 9.85. The van der Waals surface area contributed by atoms with Crippen molar-refractivity contribution in [2.45, 2.75) is 32.1 Å². The second-order valence-electron chi connectivity index (χ2n) is 7.18.